The Morgan fingerprint density at radius 2 is 1.84 bits per heavy atom. The van der Waals surface area contributed by atoms with Gasteiger partial charge in [0, 0.05) is 12.1 Å². The SMILES string of the molecule is CCC(C)NC(N)=NCC(C(C)C)N1CCCC1.I. The van der Waals surface area contributed by atoms with Gasteiger partial charge in [0.25, 0.3) is 0 Å². The summed E-state index contributed by atoms with van der Waals surface area (Å²) < 4.78 is 0. The van der Waals surface area contributed by atoms with Crippen LogP contribution < -0.4 is 11.1 Å². The standard InChI is InChI=1S/C14H30N4.HI/c1-5-12(4)17-14(15)16-10-13(11(2)3)18-8-6-7-9-18;/h11-13H,5-10H2,1-4H3,(H3,15,16,17);1H. The van der Waals surface area contributed by atoms with E-state index in [-0.39, 0.29) is 24.0 Å². The highest BCUT2D eigenvalue weighted by atomic mass is 127. The Balaban J connectivity index is 0.00000324. The maximum atomic E-state index is 5.92. The van der Waals surface area contributed by atoms with Gasteiger partial charge in [-0.15, -0.1) is 24.0 Å². The highest BCUT2D eigenvalue weighted by molar-refractivity contribution is 14.0. The van der Waals surface area contributed by atoms with Gasteiger partial charge in [-0.1, -0.05) is 20.8 Å². The van der Waals surface area contributed by atoms with Gasteiger partial charge in [0.05, 0.1) is 6.54 Å². The van der Waals surface area contributed by atoms with Gasteiger partial charge in [-0.2, -0.15) is 0 Å². The minimum absolute atomic E-state index is 0. The third-order valence-corrected chi connectivity index (χ3v) is 3.83. The molecule has 0 aromatic rings. The Morgan fingerprint density at radius 1 is 1.26 bits per heavy atom. The molecular formula is C14H31IN4. The van der Waals surface area contributed by atoms with Crippen LogP contribution in [0.5, 0.6) is 0 Å². The quantitative estimate of drug-likeness (QED) is 0.422. The lowest BCUT2D eigenvalue weighted by Crippen LogP contribution is -2.42. The first-order chi connectivity index (χ1) is 8.54. The molecule has 1 aliphatic rings. The van der Waals surface area contributed by atoms with Crippen molar-refractivity contribution in [1.29, 1.82) is 0 Å². The molecule has 0 amide bonds. The fourth-order valence-corrected chi connectivity index (χ4v) is 2.41. The van der Waals surface area contributed by atoms with Crippen LogP contribution in [0.25, 0.3) is 0 Å². The second-order valence-electron chi connectivity index (χ2n) is 5.73. The summed E-state index contributed by atoms with van der Waals surface area (Å²) in [5, 5.41) is 3.22. The molecule has 1 rings (SSSR count). The molecule has 0 aromatic heterocycles. The van der Waals surface area contributed by atoms with Crippen LogP contribution in [0.15, 0.2) is 4.99 Å². The van der Waals surface area contributed by atoms with Crippen molar-refractivity contribution in [2.75, 3.05) is 19.6 Å². The largest absolute Gasteiger partial charge is 0.370 e. The zero-order valence-corrected chi connectivity index (χ0v) is 15.2. The molecule has 114 valence electrons. The summed E-state index contributed by atoms with van der Waals surface area (Å²) >= 11 is 0. The van der Waals surface area contributed by atoms with Crippen LogP contribution in [0.4, 0.5) is 0 Å². The van der Waals surface area contributed by atoms with Gasteiger partial charge in [-0.05, 0) is 45.2 Å². The van der Waals surface area contributed by atoms with E-state index in [1.54, 1.807) is 0 Å². The van der Waals surface area contributed by atoms with E-state index in [9.17, 15) is 0 Å². The van der Waals surface area contributed by atoms with Crippen LogP contribution >= 0.6 is 24.0 Å². The molecule has 5 heteroatoms. The lowest BCUT2D eigenvalue weighted by atomic mass is 10.0. The predicted molar refractivity (Wildman–Crippen MR) is 94.2 cm³/mol. The summed E-state index contributed by atoms with van der Waals surface area (Å²) in [6, 6.07) is 0.933. The van der Waals surface area contributed by atoms with E-state index < -0.39 is 0 Å². The summed E-state index contributed by atoms with van der Waals surface area (Å²) in [5.41, 5.74) is 5.92. The average molecular weight is 382 g/mol. The molecule has 4 nitrogen and oxygen atoms in total. The zero-order chi connectivity index (χ0) is 13.5. The lowest BCUT2D eigenvalue weighted by molar-refractivity contribution is 0.197. The Morgan fingerprint density at radius 3 is 2.32 bits per heavy atom. The van der Waals surface area contributed by atoms with E-state index in [1.165, 1.54) is 25.9 Å². The number of nitrogens with zero attached hydrogens (tertiary/aromatic N) is 2. The molecular weight excluding hydrogens is 351 g/mol. The number of hydrogen-bond donors (Lipinski definition) is 2. The van der Waals surface area contributed by atoms with Crippen LogP contribution in [0, 0.1) is 5.92 Å². The van der Waals surface area contributed by atoms with Crippen molar-refractivity contribution in [3.05, 3.63) is 0 Å². The number of rotatable bonds is 6. The minimum atomic E-state index is 0. The Kier molecular flexibility index (Phi) is 9.78. The number of likely N-dealkylation sites (tertiary alicyclic amines) is 1. The molecule has 0 radical (unpaired) electrons. The molecule has 19 heavy (non-hydrogen) atoms. The molecule has 1 aliphatic heterocycles. The van der Waals surface area contributed by atoms with Gasteiger partial charge in [-0.25, -0.2) is 0 Å². The third kappa shape index (κ3) is 6.79. The van der Waals surface area contributed by atoms with Crippen molar-refractivity contribution >= 4 is 29.9 Å². The number of hydrogen-bond acceptors (Lipinski definition) is 2. The maximum Gasteiger partial charge on any atom is 0.188 e. The van der Waals surface area contributed by atoms with Crippen molar-refractivity contribution in [1.82, 2.24) is 10.2 Å². The molecule has 0 aliphatic carbocycles. The molecule has 2 atom stereocenters. The number of guanidine groups is 1. The van der Waals surface area contributed by atoms with Gasteiger partial charge in [-0.3, -0.25) is 9.89 Å². The van der Waals surface area contributed by atoms with Gasteiger partial charge in [0.15, 0.2) is 5.96 Å². The topological polar surface area (TPSA) is 53.6 Å². The Labute approximate surface area is 135 Å². The average Bonchev–Trinajstić information content (AvgIpc) is 2.82. The fraction of sp³-hybridized carbons (Fsp3) is 0.929. The van der Waals surface area contributed by atoms with Gasteiger partial charge < -0.3 is 11.1 Å². The molecule has 1 fully saturated rings. The smallest absolute Gasteiger partial charge is 0.188 e. The fourth-order valence-electron chi connectivity index (χ4n) is 2.41. The summed E-state index contributed by atoms with van der Waals surface area (Å²) in [7, 11) is 0. The van der Waals surface area contributed by atoms with Gasteiger partial charge in [0.2, 0.25) is 0 Å². The summed E-state index contributed by atoms with van der Waals surface area (Å²) in [4.78, 5) is 7.08. The Hall–Kier alpha value is -0.0400. The molecule has 0 spiro atoms. The highest BCUT2D eigenvalue weighted by Gasteiger charge is 2.24. The number of nitrogens with two attached hydrogens (primary N) is 1. The molecule has 1 saturated heterocycles. The van der Waals surface area contributed by atoms with Gasteiger partial charge in [0.1, 0.15) is 0 Å². The summed E-state index contributed by atoms with van der Waals surface area (Å²) in [6.45, 7) is 12.1. The molecule has 1 heterocycles. The van der Waals surface area contributed by atoms with E-state index in [0.717, 1.165) is 13.0 Å². The molecule has 0 aromatic carbocycles. The summed E-state index contributed by atoms with van der Waals surface area (Å²) in [6.07, 6.45) is 3.72. The monoisotopic (exact) mass is 382 g/mol. The number of halogens is 1. The highest BCUT2D eigenvalue weighted by Crippen LogP contribution is 2.17. The van der Waals surface area contributed by atoms with Crippen molar-refractivity contribution < 1.29 is 0 Å². The van der Waals surface area contributed by atoms with Crippen LogP contribution in [-0.2, 0) is 0 Å². The first-order valence-corrected chi connectivity index (χ1v) is 7.35. The molecule has 0 bridgehead atoms. The van der Waals surface area contributed by atoms with E-state index in [0.29, 0.717) is 24.0 Å². The van der Waals surface area contributed by atoms with E-state index in [4.69, 9.17) is 5.73 Å². The van der Waals surface area contributed by atoms with Crippen molar-refractivity contribution in [2.45, 2.75) is 59.0 Å². The number of nitrogens with one attached hydrogen (secondary N) is 1. The number of aliphatic imine (C=N–C) groups is 1. The Bertz CT molecular complexity index is 262. The van der Waals surface area contributed by atoms with E-state index >= 15 is 0 Å². The zero-order valence-electron chi connectivity index (χ0n) is 12.9. The third-order valence-electron chi connectivity index (χ3n) is 3.83. The van der Waals surface area contributed by atoms with Crippen LogP contribution in [0.3, 0.4) is 0 Å². The predicted octanol–water partition coefficient (Wildman–Crippen LogP) is 2.43. The maximum absolute atomic E-state index is 5.92. The second kappa shape index (κ2) is 9.80. The first-order valence-electron chi connectivity index (χ1n) is 7.35. The lowest BCUT2D eigenvalue weighted by Gasteiger charge is -2.29. The van der Waals surface area contributed by atoms with Crippen LogP contribution in [0.2, 0.25) is 0 Å². The molecule has 3 N–H and O–H groups in total. The van der Waals surface area contributed by atoms with E-state index in [1.807, 2.05) is 0 Å². The molecule has 0 saturated carbocycles. The summed E-state index contributed by atoms with van der Waals surface area (Å²) in [5.74, 6) is 1.22. The minimum Gasteiger partial charge on any atom is -0.370 e. The van der Waals surface area contributed by atoms with Gasteiger partial charge >= 0.3 is 0 Å². The van der Waals surface area contributed by atoms with Crippen molar-refractivity contribution in [3.63, 3.8) is 0 Å². The van der Waals surface area contributed by atoms with Crippen molar-refractivity contribution in [2.24, 2.45) is 16.6 Å². The van der Waals surface area contributed by atoms with Crippen LogP contribution in [0.1, 0.15) is 47.0 Å². The van der Waals surface area contributed by atoms with Crippen LogP contribution in [-0.4, -0.2) is 42.6 Å². The van der Waals surface area contributed by atoms with E-state index in [2.05, 4.69) is 42.9 Å². The molecule has 2 unspecified atom stereocenters. The second-order valence-corrected chi connectivity index (χ2v) is 5.73. The van der Waals surface area contributed by atoms with Crippen molar-refractivity contribution in [3.8, 4) is 0 Å². The first kappa shape index (κ1) is 19.0. The normalized spacial score (nSPS) is 20.2.